The number of anilines is 1. The Bertz CT molecular complexity index is 424. The second-order valence-electron chi connectivity index (χ2n) is 2.62. The van der Waals surface area contributed by atoms with E-state index in [0.29, 0.717) is 11.0 Å². The summed E-state index contributed by atoms with van der Waals surface area (Å²) in [7, 11) is 0. The summed E-state index contributed by atoms with van der Waals surface area (Å²) in [6.07, 6.45) is 0. The van der Waals surface area contributed by atoms with E-state index in [4.69, 9.17) is 5.73 Å². The molecule has 0 atom stereocenters. The Hall–Kier alpha value is -1.49. The highest BCUT2D eigenvalue weighted by atomic mass is 32.1. The lowest BCUT2D eigenvalue weighted by Crippen LogP contribution is -1.88. The van der Waals surface area contributed by atoms with Gasteiger partial charge in [-0.3, -0.25) is 0 Å². The third kappa shape index (κ3) is 1.65. The molecule has 0 radical (unpaired) electrons. The van der Waals surface area contributed by atoms with Gasteiger partial charge in [0, 0.05) is 17.2 Å². The second-order valence-corrected chi connectivity index (χ2v) is 3.40. The molecule has 0 saturated carbocycles. The Morgan fingerprint density at radius 1 is 1.31 bits per heavy atom. The van der Waals surface area contributed by atoms with Crippen LogP contribution in [0.4, 0.5) is 5.13 Å². The molecule has 0 amide bonds. The molecule has 2 rings (SSSR count). The first-order valence-corrected chi connectivity index (χ1v) is 4.56. The zero-order chi connectivity index (χ0) is 9.26. The van der Waals surface area contributed by atoms with Crippen molar-refractivity contribution >= 4 is 16.7 Å². The minimum atomic E-state index is 0.471. The van der Waals surface area contributed by atoms with Crippen LogP contribution in [0.5, 0.6) is 0 Å². The van der Waals surface area contributed by atoms with Crippen LogP contribution in [0.1, 0.15) is 5.69 Å². The number of nitrogens with two attached hydrogens (primary N) is 1. The third-order valence-electron chi connectivity index (χ3n) is 1.56. The molecule has 2 aromatic rings. The van der Waals surface area contributed by atoms with E-state index in [0.717, 1.165) is 11.4 Å². The fraction of sp³-hybridized carbons (Fsp3) is 0.125. The van der Waals surface area contributed by atoms with Crippen LogP contribution in [0.25, 0.3) is 11.5 Å². The molecule has 0 unspecified atom stereocenters. The van der Waals surface area contributed by atoms with Crippen LogP contribution in [0.15, 0.2) is 18.2 Å². The largest absolute Gasteiger partial charge is 0.374 e. The Balaban J connectivity index is 2.46. The molecule has 13 heavy (non-hydrogen) atoms. The summed E-state index contributed by atoms with van der Waals surface area (Å²) in [6.45, 7) is 1.93. The Morgan fingerprint density at radius 3 is 2.77 bits per heavy atom. The van der Waals surface area contributed by atoms with Gasteiger partial charge in [0.25, 0.3) is 0 Å². The summed E-state index contributed by atoms with van der Waals surface area (Å²) in [6, 6.07) is 5.72. The van der Waals surface area contributed by atoms with Crippen molar-refractivity contribution in [3.8, 4) is 11.5 Å². The van der Waals surface area contributed by atoms with E-state index in [1.54, 1.807) is 0 Å². The highest BCUT2D eigenvalue weighted by molar-refractivity contribution is 7.09. The van der Waals surface area contributed by atoms with Gasteiger partial charge < -0.3 is 5.73 Å². The van der Waals surface area contributed by atoms with Gasteiger partial charge >= 0.3 is 0 Å². The summed E-state index contributed by atoms with van der Waals surface area (Å²) in [4.78, 5) is 8.33. The predicted molar refractivity (Wildman–Crippen MR) is 52.3 cm³/mol. The average molecular weight is 192 g/mol. The van der Waals surface area contributed by atoms with Gasteiger partial charge in [0.1, 0.15) is 5.69 Å². The fourth-order valence-electron chi connectivity index (χ4n) is 1.01. The first kappa shape index (κ1) is 8.12. The molecule has 2 N–H and O–H groups in total. The van der Waals surface area contributed by atoms with Crippen LogP contribution < -0.4 is 5.73 Å². The Morgan fingerprint density at radius 2 is 2.15 bits per heavy atom. The number of aryl methyl sites for hydroxylation is 1. The maximum atomic E-state index is 5.47. The minimum absolute atomic E-state index is 0.471. The van der Waals surface area contributed by atoms with E-state index >= 15 is 0 Å². The van der Waals surface area contributed by atoms with Crippen molar-refractivity contribution in [2.75, 3.05) is 5.73 Å². The summed E-state index contributed by atoms with van der Waals surface area (Å²) >= 11 is 1.18. The molecule has 0 fully saturated rings. The maximum Gasteiger partial charge on any atom is 0.200 e. The summed E-state index contributed by atoms with van der Waals surface area (Å²) in [5.41, 5.74) is 7.19. The molecule has 0 saturated heterocycles. The van der Waals surface area contributed by atoms with Gasteiger partial charge in [0.15, 0.2) is 11.0 Å². The van der Waals surface area contributed by atoms with Gasteiger partial charge in [-0.05, 0) is 19.1 Å². The lowest BCUT2D eigenvalue weighted by molar-refractivity contribution is 1.17. The summed E-state index contributed by atoms with van der Waals surface area (Å²) in [5.74, 6) is 0.603. The van der Waals surface area contributed by atoms with Gasteiger partial charge in [-0.1, -0.05) is 6.07 Å². The molecule has 2 heterocycles. The monoisotopic (exact) mass is 192 g/mol. The number of rotatable bonds is 1. The van der Waals surface area contributed by atoms with Crippen molar-refractivity contribution in [3.05, 3.63) is 23.9 Å². The molecule has 0 aliphatic rings. The van der Waals surface area contributed by atoms with Crippen molar-refractivity contribution in [1.82, 2.24) is 14.3 Å². The van der Waals surface area contributed by atoms with Crippen molar-refractivity contribution in [1.29, 1.82) is 0 Å². The number of nitrogen functional groups attached to an aromatic ring is 1. The predicted octanol–water partition coefficient (Wildman–Crippen LogP) is 1.49. The van der Waals surface area contributed by atoms with Crippen LogP contribution in [0.3, 0.4) is 0 Å². The normalized spacial score (nSPS) is 10.2. The van der Waals surface area contributed by atoms with Crippen molar-refractivity contribution < 1.29 is 0 Å². The molecular formula is C8H8N4S. The van der Waals surface area contributed by atoms with E-state index in [2.05, 4.69) is 14.3 Å². The molecule has 0 aliphatic heterocycles. The van der Waals surface area contributed by atoms with E-state index < -0.39 is 0 Å². The van der Waals surface area contributed by atoms with Gasteiger partial charge in [-0.2, -0.15) is 9.36 Å². The minimum Gasteiger partial charge on any atom is -0.374 e. The lowest BCUT2D eigenvalue weighted by atomic mass is 10.3. The van der Waals surface area contributed by atoms with Crippen LogP contribution >= 0.6 is 11.5 Å². The summed E-state index contributed by atoms with van der Waals surface area (Å²) in [5, 5.41) is 0.471. The number of pyridine rings is 1. The van der Waals surface area contributed by atoms with Gasteiger partial charge in [-0.25, -0.2) is 4.98 Å². The van der Waals surface area contributed by atoms with Crippen LogP contribution in [-0.2, 0) is 0 Å². The average Bonchev–Trinajstić information content (AvgIpc) is 2.52. The number of aromatic nitrogens is 3. The maximum absolute atomic E-state index is 5.47. The highest BCUT2D eigenvalue weighted by Gasteiger charge is 2.04. The van der Waals surface area contributed by atoms with Crippen molar-refractivity contribution in [2.24, 2.45) is 0 Å². The standard InChI is InChI=1S/C8H8N4S/c1-5-3-2-4-6(10-5)7-11-8(9)13-12-7/h2-4H,1H3,(H2,9,11,12). The molecule has 66 valence electrons. The van der Waals surface area contributed by atoms with E-state index in [1.807, 2.05) is 25.1 Å². The fourth-order valence-corrected chi connectivity index (χ4v) is 1.45. The Labute approximate surface area is 79.6 Å². The second kappa shape index (κ2) is 3.10. The first-order chi connectivity index (χ1) is 6.25. The molecule has 0 spiro atoms. The first-order valence-electron chi connectivity index (χ1n) is 3.79. The highest BCUT2D eigenvalue weighted by Crippen LogP contribution is 2.16. The van der Waals surface area contributed by atoms with Crippen molar-refractivity contribution in [3.63, 3.8) is 0 Å². The van der Waals surface area contributed by atoms with Crippen LogP contribution in [-0.4, -0.2) is 14.3 Å². The zero-order valence-corrected chi connectivity index (χ0v) is 7.88. The molecule has 0 aliphatic carbocycles. The topological polar surface area (TPSA) is 64.7 Å². The van der Waals surface area contributed by atoms with Gasteiger partial charge in [0.05, 0.1) is 0 Å². The summed E-state index contributed by atoms with van der Waals surface area (Å²) < 4.78 is 4.07. The number of hydrogen-bond acceptors (Lipinski definition) is 5. The quantitative estimate of drug-likeness (QED) is 0.743. The Kier molecular flexibility index (Phi) is 1.94. The van der Waals surface area contributed by atoms with E-state index in [9.17, 15) is 0 Å². The number of hydrogen-bond donors (Lipinski definition) is 1. The van der Waals surface area contributed by atoms with E-state index in [1.165, 1.54) is 11.5 Å². The molecular weight excluding hydrogens is 184 g/mol. The molecule has 2 aromatic heterocycles. The molecule has 0 aromatic carbocycles. The third-order valence-corrected chi connectivity index (χ3v) is 2.10. The lowest BCUT2D eigenvalue weighted by Gasteiger charge is -1.94. The van der Waals surface area contributed by atoms with E-state index in [-0.39, 0.29) is 0 Å². The van der Waals surface area contributed by atoms with Crippen LogP contribution in [0.2, 0.25) is 0 Å². The number of nitrogens with zero attached hydrogens (tertiary/aromatic N) is 3. The van der Waals surface area contributed by atoms with Crippen LogP contribution in [0, 0.1) is 6.92 Å². The smallest absolute Gasteiger partial charge is 0.200 e. The van der Waals surface area contributed by atoms with Gasteiger partial charge in [-0.15, -0.1) is 0 Å². The van der Waals surface area contributed by atoms with Crippen molar-refractivity contribution in [2.45, 2.75) is 6.92 Å². The zero-order valence-electron chi connectivity index (χ0n) is 7.06. The molecule has 0 bridgehead atoms. The van der Waals surface area contributed by atoms with Gasteiger partial charge in [0.2, 0.25) is 0 Å². The molecule has 5 heteroatoms. The SMILES string of the molecule is Cc1cccc(-c2nsc(N)n2)n1. The molecule has 4 nitrogen and oxygen atoms in total.